The summed E-state index contributed by atoms with van der Waals surface area (Å²) in [5, 5.41) is 5.49. The molecule has 1 aliphatic carbocycles. The SMILES string of the molecule is Clc1cccc(Nc2c3c(nc4ccccc24)CCC3)c1.[Cl-]. The minimum atomic E-state index is 0. The molecule has 3 aromatic rings. The van der Waals surface area contributed by atoms with E-state index in [1.807, 2.05) is 30.3 Å². The number of nitrogens with one attached hydrogen (secondary N) is 1. The van der Waals surface area contributed by atoms with Gasteiger partial charge in [0.1, 0.15) is 0 Å². The Bertz CT molecular complexity index is 830. The third-order valence-corrected chi connectivity index (χ3v) is 4.25. The van der Waals surface area contributed by atoms with Crippen LogP contribution in [0.5, 0.6) is 0 Å². The molecule has 0 atom stereocenters. The van der Waals surface area contributed by atoms with Gasteiger partial charge in [0, 0.05) is 21.8 Å². The Morgan fingerprint density at radius 1 is 1.00 bits per heavy atom. The zero-order valence-electron chi connectivity index (χ0n) is 11.9. The number of benzene rings is 2. The Labute approximate surface area is 140 Å². The molecule has 1 N–H and O–H groups in total. The summed E-state index contributed by atoms with van der Waals surface area (Å²) in [6.07, 6.45) is 3.35. The molecule has 0 saturated heterocycles. The highest BCUT2D eigenvalue weighted by Crippen LogP contribution is 2.36. The summed E-state index contributed by atoms with van der Waals surface area (Å²) in [7, 11) is 0. The molecular formula is C18H15Cl2N2-. The fourth-order valence-electron chi connectivity index (χ4n) is 3.06. The van der Waals surface area contributed by atoms with Crippen LogP contribution < -0.4 is 17.7 Å². The number of aryl methyl sites for hydroxylation is 1. The number of fused-ring (bicyclic) bond motifs is 2. The quantitative estimate of drug-likeness (QED) is 0.779. The molecule has 22 heavy (non-hydrogen) atoms. The van der Waals surface area contributed by atoms with Crippen LogP contribution in [0.15, 0.2) is 48.5 Å². The standard InChI is InChI=1S/C18H15ClN2.ClH/c19-12-5-3-6-13(11-12)20-18-14-7-1-2-9-16(14)21-17-10-4-8-15(17)18;/h1-3,5-7,9,11H,4,8,10H2,(H,20,21);1H/p-1. The van der Waals surface area contributed by atoms with Gasteiger partial charge in [-0.1, -0.05) is 35.9 Å². The van der Waals surface area contributed by atoms with Gasteiger partial charge in [-0.3, -0.25) is 4.98 Å². The lowest BCUT2D eigenvalue weighted by atomic mass is 10.1. The van der Waals surface area contributed by atoms with Gasteiger partial charge in [0.25, 0.3) is 0 Å². The summed E-state index contributed by atoms with van der Waals surface area (Å²) < 4.78 is 0. The number of para-hydroxylation sites is 1. The van der Waals surface area contributed by atoms with E-state index in [-0.39, 0.29) is 12.4 Å². The fourth-order valence-corrected chi connectivity index (χ4v) is 3.25. The van der Waals surface area contributed by atoms with Gasteiger partial charge in [0.05, 0.1) is 11.2 Å². The molecule has 0 fully saturated rings. The first kappa shape index (κ1) is 15.1. The molecule has 0 radical (unpaired) electrons. The lowest BCUT2D eigenvalue weighted by Gasteiger charge is -2.15. The van der Waals surface area contributed by atoms with Gasteiger partial charge in [-0.05, 0) is 49.1 Å². The topological polar surface area (TPSA) is 24.9 Å². The second-order valence-corrected chi connectivity index (χ2v) is 5.85. The number of pyridine rings is 1. The number of aromatic nitrogens is 1. The summed E-state index contributed by atoms with van der Waals surface area (Å²) in [5.74, 6) is 0. The Balaban J connectivity index is 0.00000144. The number of rotatable bonds is 2. The van der Waals surface area contributed by atoms with Gasteiger partial charge in [-0.15, -0.1) is 0 Å². The van der Waals surface area contributed by atoms with Crippen molar-refractivity contribution in [1.82, 2.24) is 4.98 Å². The number of nitrogens with zero attached hydrogens (tertiary/aromatic N) is 1. The molecule has 1 aliphatic rings. The third-order valence-electron chi connectivity index (χ3n) is 4.01. The summed E-state index contributed by atoms with van der Waals surface area (Å²) in [6.45, 7) is 0. The molecule has 0 aliphatic heterocycles. The van der Waals surface area contributed by atoms with E-state index >= 15 is 0 Å². The molecule has 1 heterocycles. The van der Waals surface area contributed by atoms with Gasteiger partial charge in [-0.2, -0.15) is 0 Å². The average molecular weight is 330 g/mol. The van der Waals surface area contributed by atoms with Crippen LogP contribution in [-0.2, 0) is 12.8 Å². The van der Waals surface area contributed by atoms with Crippen LogP contribution in [0.2, 0.25) is 5.02 Å². The summed E-state index contributed by atoms with van der Waals surface area (Å²) in [5.41, 5.74) is 5.86. The molecule has 4 rings (SSSR count). The van der Waals surface area contributed by atoms with Crippen molar-refractivity contribution >= 4 is 33.9 Å². The highest BCUT2D eigenvalue weighted by atomic mass is 35.5. The predicted octanol–water partition coefficient (Wildman–Crippen LogP) is 2.12. The van der Waals surface area contributed by atoms with Crippen LogP contribution in [0.1, 0.15) is 17.7 Å². The minimum Gasteiger partial charge on any atom is -1.00 e. The van der Waals surface area contributed by atoms with Crippen molar-refractivity contribution in [2.45, 2.75) is 19.3 Å². The van der Waals surface area contributed by atoms with Crippen molar-refractivity contribution in [2.75, 3.05) is 5.32 Å². The Morgan fingerprint density at radius 2 is 1.86 bits per heavy atom. The number of hydrogen-bond donors (Lipinski definition) is 1. The molecule has 2 aromatic carbocycles. The monoisotopic (exact) mass is 329 g/mol. The maximum Gasteiger partial charge on any atom is 0.0726 e. The van der Waals surface area contributed by atoms with Crippen LogP contribution in [0.4, 0.5) is 11.4 Å². The molecular weight excluding hydrogens is 315 g/mol. The van der Waals surface area contributed by atoms with Crippen molar-refractivity contribution in [3.8, 4) is 0 Å². The summed E-state index contributed by atoms with van der Waals surface area (Å²) in [6, 6.07) is 16.2. The minimum absolute atomic E-state index is 0. The lowest BCUT2D eigenvalue weighted by Crippen LogP contribution is -3.00. The van der Waals surface area contributed by atoms with E-state index in [2.05, 4.69) is 23.5 Å². The zero-order chi connectivity index (χ0) is 14.2. The second kappa shape index (κ2) is 6.15. The Hall–Kier alpha value is -1.77. The van der Waals surface area contributed by atoms with Crippen LogP contribution in [0, 0.1) is 0 Å². The van der Waals surface area contributed by atoms with E-state index in [1.54, 1.807) is 0 Å². The van der Waals surface area contributed by atoms with Gasteiger partial charge in [0.2, 0.25) is 0 Å². The van der Waals surface area contributed by atoms with Crippen LogP contribution in [0.25, 0.3) is 10.9 Å². The van der Waals surface area contributed by atoms with E-state index in [0.29, 0.717) is 0 Å². The molecule has 2 nitrogen and oxygen atoms in total. The lowest BCUT2D eigenvalue weighted by molar-refractivity contribution is -0.00000407. The van der Waals surface area contributed by atoms with E-state index in [0.717, 1.165) is 29.1 Å². The molecule has 112 valence electrons. The number of halogens is 2. The third kappa shape index (κ3) is 2.65. The van der Waals surface area contributed by atoms with Crippen molar-refractivity contribution in [2.24, 2.45) is 0 Å². The first-order chi connectivity index (χ1) is 10.3. The van der Waals surface area contributed by atoms with Crippen LogP contribution in [0.3, 0.4) is 0 Å². The van der Waals surface area contributed by atoms with E-state index in [1.165, 1.54) is 28.8 Å². The maximum absolute atomic E-state index is 6.09. The largest absolute Gasteiger partial charge is 1.00 e. The normalized spacial score (nSPS) is 12.8. The van der Waals surface area contributed by atoms with Crippen LogP contribution >= 0.6 is 11.6 Å². The first-order valence-electron chi connectivity index (χ1n) is 7.24. The van der Waals surface area contributed by atoms with E-state index in [9.17, 15) is 0 Å². The molecule has 0 saturated carbocycles. The predicted molar refractivity (Wildman–Crippen MR) is 88.5 cm³/mol. The molecule has 0 bridgehead atoms. The van der Waals surface area contributed by atoms with Crippen LogP contribution in [-0.4, -0.2) is 4.98 Å². The highest BCUT2D eigenvalue weighted by Gasteiger charge is 2.19. The van der Waals surface area contributed by atoms with Crippen molar-refractivity contribution in [3.63, 3.8) is 0 Å². The summed E-state index contributed by atoms with van der Waals surface area (Å²) >= 11 is 6.09. The van der Waals surface area contributed by atoms with Gasteiger partial charge in [0.15, 0.2) is 0 Å². The fraction of sp³-hybridized carbons (Fsp3) is 0.167. The first-order valence-corrected chi connectivity index (χ1v) is 7.62. The summed E-state index contributed by atoms with van der Waals surface area (Å²) in [4.78, 5) is 4.81. The average Bonchev–Trinajstić information content (AvgIpc) is 2.95. The maximum atomic E-state index is 6.09. The second-order valence-electron chi connectivity index (χ2n) is 5.42. The van der Waals surface area contributed by atoms with Gasteiger partial charge in [-0.25, -0.2) is 0 Å². The van der Waals surface area contributed by atoms with Gasteiger partial charge >= 0.3 is 0 Å². The van der Waals surface area contributed by atoms with Crippen molar-refractivity contribution < 1.29 is 12.4 Å². The van der Waals surface area contributed by atoms with E-state index in [4.69, 9.17) is 16.6 Å². The van der Waals surface area contributed by atoms with Crippen molar-refractivity contribution in [3.05, 3.63) is 64.8 Å². The zero-order valence-corrected chi connectivity index (χ0v) is 13.5. The Morgan fingerprint density at radius 3 is 2.73 bits per heavy atom. The molecule has 0 spiro atoms. The number of anilines is 2. The highest BCUT2D eigenvalue weighted by molar-refractivity contribution is 6.30. The number of hydrogen-bond acceptors (Lipinski definition) is 2. The molecule has 1 aromatic heterocycles. The molecule has 0 amide bonds. The van der Waals surface area contributed by atoms with Gasteiger partial charge < -0.3 is 17.7 Å². The molecule has 4 heteroatoms. The molecule has 0 unspecified atom stereocenters. The van der Waals surface area contributed by atoms with Crippen molar-refractivity contribution in [1.29, 1.82) is 0 Å². The Kier molecular flexibility index (Phi) is 4.23. The smallest absolute Gasteiger partial charge is 0.0726 e. The van der Waals surface area contributed by atoms with E-state index < -0.39 is 0 Å².